The van der Waals surface area contributed by atoms with Gasteiger partial charge in [0.05, 0.1) is 30.3 Å². The highest BCUT2D eigenvalue weighted by Crippen LogP contribution is 2.34. The maximum atomic E-state index is 5.65. The molecule has 2 aliphatic rings. The molecule has 6 nitrogen and oxygen atoms in total. The van der Waals surface area contributed by atoms with Crippen molar-refractivity contribution in [2.75, 3.05) is 18.1 Å². The summed E-state index contributed by atoms with van der Waals surface area (Å²) < 4.78 is 7.45. The minimum Gasteiger partial charge on any atom is -0.374 e. The average Bonchev–Trinajstić information content (AvgIpc) is 3.04. The van der Waals surface area contributed by atoms with Gasteiger partial charge in [-0.15, -0.1) is 0 Å². The van der Waals surface area contributed by atoms with Gasteiger partial charge < -0.3 is 9.64 Å². The molecule has 6 heteroatoms. The van der Waals surface area contributed by atoms with E-state index in [0.29, 0.717) is 12.1 Å². The molecule has 2 aliphatic heterocycles. The van der Waals surface area contributed by atoms with E-state index in [1.165, 1.54) is 0 Å². The minimum atomic E-state index is 0.372. The van der Waals surface area contributed by atoms with Gasteiger partial charge in [-0.1, -0.05) is 0 Å². The summed E-state index contributed by atoms with van der Waals surface area (Å²) in [4.78, 5) is 11.4. The molecule has 2 aromatic rings. The zero-order chi connectivity index (χ0) is 12.3. The normalized spacial score (nSPS) is 26.4. The standard InChI is InChI=1S/C12H15N5O/c1-7-14-11-10(4-13-16(11)2)12(15-7)17-5-9-3-8(17)6-18-9/h4,8-9H,3,5-6H2,1-2H3/t8-,9+/m0/s1. The van der Waals surface area contributed by atoms with E-state index in [-0.39, 0.29) is 0 Å². The van der Waals surface area contributed by atoms with Crippen LogP contribution in [0.3, 0.4) is 0 Å². The Bertz CT molecular complexity index is 622. The molecule has 0 aromatic carbocycles. The van der Waals surface area contributed by atoms with Crippen molar-refractivity contribution in [3.05, 3.63) is 12.0 Å². The Balaban J connectivity index is 1.89. The third-order valence-corrected chi connectivity index (χ3v) is 3.86. The van der Waals surface area contributed by atoms with E-state index in [1.54, 1.807) is 4.68 Å². The topological polar surface area (TPSA) is 56.1 Å². The first-order valence-corrected chi connectivity index (χ1v) is 6.27. The largest absolute Gasteiger partial charge is 0.374 e. The highest BCUT2D eigenvalue weighted by molar-refractivity contribution is 5.87. The third kappa shape index (κ3) is 1.29. The molecule has 4 heterocycles. The first kappa shape index (κ1) is 10.3. The van der Waals surface area contributed by atoms with E-state index < -0.39 is 0 Å². The third-order valence-electron chi connectivity index (χ3n) is 3.86. The van der Waals surface area contributed by atoms with E-state index in [2.05, 4.69) is 20.0 Å². The average molecular weight is 245 g/mol. The number of anilines is 1. The second kappa shape index (κ2) is 3.41. The van der Waals surface area contributed by atoms with Crippen molar-refractivity contribution in [3.8, 4) is 0 Å². The Morgan fingerprint density at radius 3 is 3.00 bits per heavy atom. The molecule has 4 rings (SSSR count). The van der Waals surface area contributed by atoms with Gasteiger partial charge in [-0.25, -0.2) is 9.97 Å². The molecule has 0 unspecified atom stereocenters. The number of hydrogen-bond acceptors (Lipinski definition) is 5. The second-order valence-electron chi connectivity index (χ2n) is 5.10. The summed E-state index contributed by atoms with van der Waals surface area (Å²) in [6, 6.07) is 0.465. The molecule has 0 N–H and O–H groups in total. The Morgan fingerprint density at radius 1 is 1.39 bits per heavy atom. The number of morpholine rings is 1. The van der Waals surface area contributed by atoms with Crippen LogP contribution < -0.4 is 4.90 Å². The first-order valence-electron chi connectivity index (χ1n) is 6.27. The number of aromatic nitrogens is 4. The summed E-state index contributed by atoms with van der Waals surface area (Å²) >= 11 is 0. The van der Waals surface area contributed by atoms with Gasteiger partial charge in [-0.2, -0.15) is 5.10 Å². The number of hydrogen-bond donors (Lipinski definition) is 0. The van der Waals surface area contributed by atoms with E-state index in [1.807, 2.05) is 20.2 Å². The summed E-state index contributed by atoms with van der Waals surface area (Å²) in [6.45, 7) is 3.68. The van der Waals surface area contributed by atoms with Gasteiger partial charge in [0.15, 0.2) is 5.65 Å². The number of rotatable bonds is 1. The Labute approximate surface area is 105 Å². The molecule has 2 atom stereocenters. The summed E-state index contributed by atoms with van der Waals surface area (Å²) in [5.74, 6) is 1.81. The van der Waals surface area contributed by atoms with Gasteiger partial charge in [0.2, 0.25) is 0 Å². The van der Waals surface area contributed by atoms with Crippen molar-refractivity contribution < 1.29 is 4.74 Å². The monoisotopic (exact) mass is 245 g/mol. The predicted octanol–water partition coefficient (Wildman–Crippen LogP) is 0.649. The maximum absolute atomic E-state index is 5.65. The van der Waals surface area contributed by atoms with Crippen LogP contribution in [0.5, 0.6) is 0 Å². The molecule has 0 spiro atoms. The van der Waals surface area contributed by atoms with Crippen molar-refractivity contribution in [1.82, 2.24) is 19.7 Å². The van der Waals surface area contributed by atoms with Gasteiger partial charge in [0.25, 0.3) is 0 Å². The van der Waals surface area contributed by atoms with E-state index in [4.69, 9.17) is 4.74 Å². The summed E-state index contributed by atoms with van der Waals surface area (Å²) in [6.07, 6.45) is 3.35. The fourth-order valence-electron chi connectivity index (χ4n) is 2.99. The van der Waals surface area contributed by atoms with Gasteiger partial charge in [0, 0.05) is 13.6 Å². The van der Waals surface area contributed by atoms with Crippen LogP contribution >= 0.6 is 0 Å². The van der Waals surface area contributed by atoms with Crippen molar-refractivity contribution in [2.45, 2.75) is 25.5 Å². The lowest BCUT2D eigenvalue weighted by molar-refractivity contribution is 0.0989. The molecule has 94 valence electrons. The number of ether oxygens (including phenoxy) is 1. The van der Waals surface area contributed by atoms with Crippen LogP contribution in [0.4, 0.5) is 5.82 Å². The zero-order valence-electron chi connectivity index (χ0n) is 10.5. The van der Waals surface area contributed by atoms with Crippen molar-refractivity contribution in [3.63, 3.8) is 0 Å². The zero-order valence-corrected chi connectivity index (χ0v) is 10.5. The SMILES string of the molecule is Cc1nc(N2C[C@H]3C[C@H]2CO3)c2cnn(C)c2n1. The fourth-order valence-corrected chi connectivity index (χ4v) is 2.99. The van der Waals surface area contributed by atoms with Gasteiger partial charge >= 0.3 is 0 Å². The molecule has 0 radical (unpaired) electrons. The van der Waals surface area contributed by atoms with Crippen molar-refractivity contribution in [2.24, 2.45) is 7.05 Å². The van der Waals surface area contributed by atoms with Crippen molar-refractivity contribution in [1.29, 1.82) is 0 Å². The number of nitrogens with zero attached hydrogens (tertiary/aromatic N) is 5. The highest BCUT2D eigenvalue weighted by atomic mass is 16.5. The lowest BCUT2D eigenvalue weighted by Gasteiger charge is -2.28. The molecule has 2 saturated heterocycles. The minimum absolute atomic E-state index is 0.372. The number of aryl methyl sites for hydroxylation is 2. The smallest absolute Gasteiger partial charge is 0.163 e. The molecule has 2 aromatic heterocycles. The molecular formula is C12H15N5O. The van der Waals surface area contributed by atoms with Crippen LogP contribution in [-0.4, -0.2) is 45.0 Å². The Hall–Kier alpha value is -1.69. The molecule has 2 fully saturated rings. The van der Waals surface area contributed by atoms with E-state index in [9.17, 15) is 0 Å². The molecule has 0 saturated carbocycles. The van der Waals surface area contributed by atoms with Crippen molar-refractivity contribution >= 4 is 16.9 Å². The van der Waals surface area contributed by atoms with Gasteiger partial charge in [0.1, 0.15) is 11.6 Å². The molecule has 2 bridgehead atoms. The summed E-state index contributed by atoms with van der Waals surface area (Å²) in [5.41, 5.74) is 0.904. The molecule has 18 heavy (non-hydrogen) atoms. The summed E-state index contributed by atoms with van der Waals surface area (Å²) in [5, 5.41) is 5.32. The van der Waals surface area contributed by atoms with E-state index >= 15 is 0 Å². The van der Waals surface area contributed by atoms with Gasteiger partial charge in [-0.3, -0.25) is 4.68 Å². The van der Waals surface area contributed by atoms with Crippen LogP contribution in [-0.2, 0) is 11.8 Å². The quantitative estimate of drug-likeness (QED) is 0.738. The molecule has 0 aliphatic carbocycles. The van der Waals surface area contributed by atoms with Crippen LogP contribution in [0.15, 0.2) is 6.20 Å². The highest BCUT2D eigenvalue weighted by Gasteiger charge is 2.40. The van der Waals surface area contributed by atoms with Crippen LogP contribution in [0.25, 0.3) is 11.0 Å². The predicted molar refractivity (Wildman–Crippen MR) is 66.5 cm³/mol. The van der Waals surface area contributed by atoms with E-state index in [0.717, 1.165) is 42.2 Å². The Morgan fingerprint density at radius 2 is 2.28 bits per heavy atom. The number of fused-ring (bicyclic) bond motifs is 3. The lowest BCUT2D eigenvalue weighted by atomic mass is 10.2. The Kier molecular flexibility index (Phi) is 1.94. The second-order valence-corrected chi connectivity index (χ2v) is 5.10. The summed E-state index contributed by atoms with van der Waals surface area (Å²) in [7, 11) is 1.91. The maximum Gasteiger partial charge on any atom is 0.163 e. The van der Waals surface area contributed by atoms with Gasteiger partial charge in [-0.05, 0) is 13.3 Å². The molecular weight excluding hydrogens is 230 g/mol. The van der Waals surface area contributed by atoms with Crippen LogP contribution in [0.2, 0.25) is 0 Å². The lowest BCUT2D eigenvalue weighted by Crippen LogP contribution is -2.37. The first-order chi connectivity index (χ1) is 8.72. The fraction of sp³-hybridized carbons (Fsp3) is 0.583. The molecule has 0 amide bonds. The van der Waals surface area contributed by atoms with Crippen LogP contribution in [0.1, 0.15) is 12.2 Å². The van der Waals surface area contributed by atoms with Crippen LogP contribution in [0, 0.1) is 6.92 Å².